The molecule has 2 N–H and O–H groups in total. The molecule has 0 unspecified atom stereocenters. The van der Waals surface area contributed by atoms with E-state index in [1.807, 2.05) is 30.3 Å². The first kappa shape index (κ1) is 20.6. The molecule has 2 aliphatic heterocycles. The zero-order chi connectivity index (χ0) is 21.2. The number of benzene rings is 2. The normalized spacial score (nSPS) is 18.6. The van der Waals surface area contributed by atoms with Gasteiger partial charge in [-0.25, -0.2) is 0 Å². The lowest BCUT2D eigenvalue weighted by Gasteiger charge is -2.35. The third-order valence-electron chi connectivity index (χ3n) is 5.07. The minimum Gasteiger partial charge on any atom is -0.375 e. The number of alkyl halides is 3. The molecule has 0 radical (unpaired) electrons. The van der Waals surface area contributed by atoms with Gasteiger partial charge in [-0.2, -0.15) is 13.2 Å². The molecular formula is C21H20F3N3O2S. The molecule has 0 bridgehead atoms. The molecule has 9 heteroatoms. The first-order chi connectivity index (χ1) is 14.3. The average Bonchev–Trinajstić information content (AvgIpc) is 3.14. The van der Waals surface area contributed by atoms with Crippen LogP contribution in [0.5, 0.6) is 0 Å². The molecule has 1 saturated heterocycles. The summed E-state index contributed by atoms with van der Waals surface area (Å²) < 4.78 is 38.5. The SMILES string of the molecule is FC(F)(F)c1cccc(NC(=S)ON2CCC3(C=C(c4ccccc4)NO3)CC2)c1. The Morgan fingerprint density at radius 1 is 1.10 bits per heavy atom. The molecule has 2 heterocycles. The first-order valence-corrected chi connectivity index (χ1v) is 9.87. The van der Waals surface area contributed by atoms with Crippen molar-refractivity contribution < 1.29 is 22.8 Å². The molecule has 0 amide bonds. The largest absolute Gasteiger partial charge is 0.416 e. The Morgan fingerprint density at radius 2 is 1.83 bits per heavy atom. The van der Waals surface area contributed by atoms with E-state index in [0.717, 1.165) is 23.4 Å². The van der Waals surface area contributed by atoms with Crippen LogP contribution in [-0.2, 0) is 15.9 Å². The summed E-state index contributed by atoms with van der Waals surface area (Å²) in [5.74, 6) is 0. The summed E-state index contributed by atoms with van der Waals surface area (Å²) in [4.78, 5) is 11.5. The van der Waals surface area contributed by atoms with Crippen LogP contribution in [0.3, 0.4) is 0 Å². The van der Waals surface area contributed by atoms with E-state index in [0.29, 0.717) is 25.9 Å². The molecule has 0 aliphatic carbocycles. The maximum absolute atomic E-state index is 12.8. The molecule has 0 aromatic heterocycles. The number of hydrogen-bond donors (Lipinski definition) is 2. The molecule has 1 fully saturated rings. The lowest BCUT2D eigenvalue weighted by Crippen LogP contribution is -2.45. The zero-order valence-corrected chi connectivity index (χ0v) is 16.7. The van der Waals surface area contributed by atoms with Gasteiger partial charge in [0, 0.05) is 18.8 Å². The molecule has 0 atom stereocenters. The minimum absolute atomic E-state index is 0.00347. The number of halogens is 3. The van der Waals surface area contributed by atoms with E-state index in [-0.39, 0.29) is 10.9 Å². The second-order valence-corrected chi connectivity index (χ2v) is 7.58. The van der Waals surface area contributed by atoms with Crippen LogP contribution in [0.4, 0.5) is 18.9 Å². The van der Waals surface area contributed by atoms with Gasteiger partial charge in [0.2, 0.25) is 0 Å². The zero-order valence-electron chi connectivity index (χ0n) is 15.9. The smallest absolute Gasteiger partial charge is 0.375 e. The highest BCUT2D eigenvalue weighted by Gasteiger charge is 2.39. The highest BCUT2D eigenvalue weighted by atomic mass is 32.1. The number of nitrogens with one attached hydrogen (secondary N) is 2. The predicted octanol–water partition coefficient (Wildman–Crippen LogP) is 4.74. The van der Waals surface area contributed by atoms with E-state index >= 15 is 0 Å². The van der Waals surface area contributed by atoms with Gasteiger partial charge in [0.15, 0.2) is 0 Å². The minimum atomic E-state index is -4.41. The number of hydroxylamine groups is 3. The van der Waals surface area contributed by atoms with Crippen molar-refractivity contribution in [1.29, 1.82) is 0 Å². The maximum atomic E-state index is 12.8. The molecular weight excluding hydrogens is 415 g/mol. The van der Waals surface area contributed by atoms with Crippen molar-refractivity contribution in [2.45, 2.75) is 24.6 Å². The molecule has 30 heavy (non-hydrogen) atoms. The summed E-state index contributed by atoms with van der Waals surface area (Å²) >= 11 is 5.15. The van der Waals surface area contributed by atoms with Crippen molar-refractivity contribution >= 4 is 28.8 Å². The van der Waals surface area contributed by atoms with Crippen molar-refractivity contribution in [2.75, 3.05) is 18.4 Å². The second kappa shape index (κ2) is 8.25. The van der Waals surface area contributed by atoms with Gasteiger partial charge in [-0.15, -0.1) is 5.06 Å². The van der Waals surface area contributed by atoms with Crippen LogP contribution in [0.15, 0.2) is 60.7 Å². The molecule has 1 spiro atoms. The molecule has 2 aromatic rings. The third-order valence-corrected chi connectivity index (χ3v) is 5.25. The van der Waals surface area contributed by atoms with E-state index in [1.165, 1.54) is 12.1 Å². The number of thiocarbonyl (C=S) groups is 1. The number of nitrogens with zero attached hydrogens (tertiary/aromatic N) is 1. The Hall–Kier alpha value is -2.62. The van der Waals surface area contributed by atoms with Gasteiger partial charge in [0.25, 0.3) is 5.17 Å². The maximum Gasteiger partial charge on any atom is 0.416 e. The Balaban J connectivity index is 1.31. The molecule has 0 saturated carbocycles. The van der Waals surface area contributed by atoms with Gasteiger partial charge in [-0.1, -0.05) is 36.4 Å². The van der Waals surface area contributed by atoms with E-state index in [1.54, 1.807) is 5.06 Å². The third kappa shape index (κ3) is 4.75. The molecule has 2 aromatic carbocycles. The summed E-state index contributed by atoms with van der Waals surface area (Å²) in [6, 6.07) is 14.7. The fraction of sp³-hybridized carbons (Fsp3) is 0.286. The molecule has 158 valence electrons. The molecule has 4 rings (SSSR count). The van der Waals surface area contributed by atoms with Crippen LogP contribution in [0.25, 0.3) is 5.70 Å². The lowest BCUT2D eigenvalue weighted by molar-refractivity contribution is -0.142. The van der Waals surface area contributed by atoms with Gasteiger partial charge in [-0.3, -0.25) is 10.3 Å². The Labute approximate surface area is 177 Å². The van der Waals surface area contributed by atoms with Crippen molar-refractivity contribution in [3.63, 3.8) is 0 Å². The summed E-state index contributed by atoms with van der Waals surface area (Å²) in [5, 5.41) is 4.39. The van der Waals surface area contributed by atoms with Gasteiger partial charge in [0.1, 0.15) is 5.60 Å². The van der Waals surface area contributed by atoms with E-state index < -0.39 is 17.3 Å². The van der Waals surface area contributed by atoms with Crippen LogP contribution >= 0.6 is 12.2 Å². The number of anilines is 1. The second-order valence-electron chi connectivity index (χ2n) is 7.20. The Bertz CT molecular complexity index is 942. The van der Waals surface area contributed by atoms with E-state index in [2.05, 4.69) is 16.9 Å². The fourth-order valence-corrected chi connectivity index (χ4v) is 3.70. The highest BCUT2D eigenvalue weighted by molar-refractivity contribution is 7.80. The Morgan fingerprint density at radius 3 is 2.53 bits per heavy atom. The van der Waals surface area contributed by atoms with Crippen molar-refractivity contribution in [3.8, 4) is 0 Å². The van der Waals surface area contributed by atoms with E-state index in [4.69, 9.17) is 21.9 Å². The number of hydrogen-bond acceptors (Lipinski definition) is 5. The average molecular weight is 435 g/mol. The van der Waals surface area contributed by atoms with Crippen molar-refractivity contribution in [2.24, 2.45) is 0 Å². The van der Waals surface area contributed by atoms with Crippen molar-refractivity contribution in [1.82, 2.24) is 10.5 Å². The highest BCUT2D eigenvalue weighted by Crippen LogP contribution is 2.35. The topological polar surface area (TPSA) is 45.8 Å². The number of rotatable bonds is 3. The first-order valence-electron chi connectivity index (χ1n) is 9.46. The lowest BCUT2D eigenvalue weighted by atomic mass is 9.91. The van der Waals surface area contributed by atoms with Crippen LogP contribution in [0, 0.1) is 0 Å². The van der Waals surface area contributed by atoms with Gasteiger partial charge >= 0.3 is 6.18 Å². The van der Waals surface area contributed by atoms with Crippen LogP contribution in [0.2, 0.25) is 0 Å². The van der Waals surface area contributed by atoms with Crippen LogP contribution < -0.4 is 10.8 Å². The van der Waals surface area contributed by atoms with E-state index in [9.17, 15) is 13.2 Å². The Kier molecular flexibility index (Phi) is 5.68. The summed E-state index contributed by atoms with van der Waals surface area (Å²) in [6.45, 7) is 1.12. The standard InChI is InChI=1S/C21H20F3N3O2S/c22-21(23,24)16-7-4-8-17(13-16)25-19(30)28-27-11-9-20(10-12-27)14-18(26-29-20)15-5-2-1-3-6-15/h1-8,13-14,26H,9-12H2,(H,25,30). The monoisotopic (exact) mass is 435 g/mol. The molecule has 2 aliphatic rings. The quantitative estimate of drug-likeness (QED) is 0.679. The van der Waals surface area contributed by atoms with Crippen LogP contribution in [-0.4, -0.2) is 28.9 Å². The van der Waals surface area contributed by atoms with Crippen LogP contribution in [0.1, 0.15) is 24.0 Å². The van der Waals surface area contributed by atoms with Gasteiger partial charge in [0.05, 0.1) is 11.3 Å². The van der Waals surface area contributed by atoms with Gasteiger partial charge in [-0.05, 0) is 54.9 Å². The van der Waals surface area contributed by atoms with Crippen molar-refractivity contribution in [3.05, 3.63) is 71.8 Å². The number of piperidine rings is 1. The summed E-state index contributed by atoms with van der Waals surface area (Å²) in [6.07, 6.45) is -0.952. The fourth-order valence-electron chi connectivity index (χ4n) is 3.47. The molecule has 5 nitrogen and oxygen atoms in total. The summed E-state index contributed by atoms with van der Waals surface area (Å²) in [7, 11) is 0. The van der Waals surface area contributed by atoms with Gasteiger partial charge < -0.3 is 10.2 Å². The summed E-state index contributed by atoms with van der Waals surface area (Å²) in [5.41, 5.74) is 4.06. The predicted molar refractivity (Wildman–Crippen MR) is 111 cm³/mol.